The number of hydrogen-bond acceptors (Lipinski definition) is 3. The van der Waals surface area contributed by atoms with Crippen molar-refractivity contribution in [1.82, 2.24) is 0 Å². The Kier molecular flexibility index (Phi) is 4.01. The van der Waals surface area contributed by atoms with E-state index in [1.165, 1.54) is 18.2 Å². The van der Waals surface area contributed by atoms with E-state index in [1.807, 2.05) is 0 Å². The van der Waals surface area contributed by atoms with Crippen LogP contribution < -0.4 is 4.65 Å². The van der Waals surface area contributed by atoms with Crippen LogP contribution in [0.2, 0.25) is 0 Å². The van der Waals surface area contributed by atoms with Gasteiger partial charge in [-0.05, 0) is 23.8 Å². The van der Waals surface area contributed by atoms with E-state index in [4.69, 9.17) is 14.7 Å². The summed E-state index contributed by atoms with van der Waals surface area (Å²) >= 11 is 0. The Balaban J connectivity index is 2.37. The molecule has 2 aromatic rings. The van der Waals surface area contributed by atoms with Gasteiger partial charge in [0.2, 0.25) is 0 Å². The van der Waals surface area contributed by atoms with Crippen LogP contribution in [0.15, 0.2) is 48.5 Å². The summed E-state index contributed by atoms with van der Waals surface area (Å²) in [6, 6.07) is 10.9. The zero-order valence-corrected chi connectivity index (χ0v) is 10.1. The molecule has 0 spiro atoms. The van der Waals surface area contributed by atoms with E-state index in [9.17, 15) is 13.2 Å². The van der Waals surface area contributed by atoms with Gasteiger partial charge in [0.15, 0.2) is 0 Å². The van der Waals surface area contributed by atoms with Crippen molar-refractivity contribution in [2.75, 3.05) is 0 Å². The first-order valence-electron chi connectivity index (χ1n) is 5.67. The maximum atomic E-state index is 12.5. The number of benzene rings is 2. The number of para-hydroxylation sites is 1. The molecule has 0 saturated heterocycles. The predicted molar refractivity (Wildman–Crippen MR) is 67.7 cm³/mol. The molecule has 0 aliphatic rings. The molecule has 104 valence electrons. The molecule has 0 heterocycles. The first kappa shape index (κ1) is 14.4. The second kappa shape index (κ2) is 5.56. The molecule has 0 radical (unpaired) electrons. The third-order valence-electron chi connectivity index (χ3n) is 2.64. The van der Waals surface area contributed by atoms with Crippen molar-refractivity contribution < 1.29 is 27.9 Å². The van der Waals surface area contributed by atoms with E-state index in [2.05, 4.69) is 0 Å². The third-order valence-corrected chi connectivity index (χ3v) is 2.64. The molecule has 2 N–H and O–H groups in total. The fourth-order valence-corrected chi connectivity index (χ4v) is 1.76. The van der Waals surface area contributed by atoms with Gasteiger partial charge in [-0.25, -0.2) is 0 Å². The molecule has 0 aliphatic carbocycles. The molecule has 0 atom stereocenters. The summed E-state index contributed by atoms with van der Waals surface area (Å²) < 4.78 is 42.2. The lowest BCUT2D eigenvalue weighted by atomic mass is 10.0. The Bertz CT molecular complexity index is 582. The van der Waals surface area contributed by atoms with Crippen LogP contribution in [0, 0.1) is 0 Å². The topological polar surface area (TPSA) is 49.7 Å². The van der Waals surface area contributed by atoms with E-state index in [-0.39, 0.29) is 5.75 Å². The third kappa shape index (κ3) is 3.31. The van der Waals surface area contributed by atoms with Gasteiger partial charge in [0.05, 0.1) is 5.56 Å². The summed E-state index contributed by atoms with van der Waals surface area (Å²) in [5.74, 6) is 0.169. The zero-order chi connectivity index (χ0) is 14.8. The molecule has 2 rings (SSSR count). The highest BCUT2D eigenvalue weighted by atomic mass is 19.4. The van der Waals surface area contributed by atoms with Gasteiger partial charge in [0, 0.05) is 5.56 Å². The van der Waals surface area contributed by atoms with Crippen molar-refractivity contribution in [3.05, 3.63) is 54.1 Å². The van der Waals surface area contributed by atoms with Crippen LogP contribution in [-0.2, 0) is 6.18 Å². The molecule has 20 heavy (non-hydrogen) atoms. The molecule has 0 fully saturated rings. The van der Waals surface area contributed by atoms with E-state index in [0.717, 1.165) is 12.1 Å². The van der Waals surface area contributed by atoms with Crippen molar-refractivity contribution in [3.8, 4) is 16.9 Å². The monoisotopic (exact) mass is 282 g/mol. The maximum absolute atomic E-state index is 12.5. The standard InChI is InChI=1S/C13H10BF3O3/c15-13(16,17)10-7-5-9(6-8-10)11-3-1-2-4-12(11)20-14(18)19/h1-8,18-19H. The summed E-state index contributed by atoms with van der Waals surface area (Å²) in [6.07, 6.45) is -4.39. The highest BCUT2D eigenvalue weighted by molar-refractivity contribution is 6.34. The number of halogens is 3. The summed E-state index contributed by atoms with van der Waals surface area (Å²) in [7, 11) is -1.99. The summed E-state index contributed by atoms with van der Waals surface area (Å²) in [5.41, 5.74) is 0.199. The average Bonchev–Trinajstić information content (AvgIpc) is 2.38. The van der Waals surface area contributed by atoms with Crippen LogP contribution in [0.25, 0.3) is 11.1 Å². The first-order chi connectivity index (χ1) is 9.38. The van der Waals surface area contributed by atoms with Crippen molar-refractivity contribution in [2.24, 2.45) is 0 Å². The minimum absolute atomic E-state index is 0.169. The molecule has 0 aromatic heterocycles. The molecular weight excluding hydrogens is 272 g/mol. The molecule has 0 amide bonds. The minimum Gasteiger partial charge on any atom is -0.512 e. The van der Waals surface area contributed by atoms with Gasteiger partial charge < -0.3 is 14.7 Å². The molecule has 3 nitrogen and oxygen atoms in total. The van der Waals surface area contributed by atoms with Gasteiger partial charge in [-0.3, -0.25) is 0 Å². The number of hydrogen-bond donors (Lipinski definition) is 2. The van der Waals surface area contributed by atoms with Crippen LogP contribution in [0.5, 0.6) is 5.75 Å². The fourth-order valence-electron chi connectivity index (χ4n) is 1.76. The van der Waals surface area contributed by atoms with Gasteiger partial charge >= 0.3 is 13.5 Å². The minimum atomic E-state index is -4.39. The van der Waals surface area contributed by atoms with E-state index < -0.39 is 19.1 Å². The van der Waals surface area contributed by atoms with Gasteiger partial charge in [-0.15, -0.1) is 0 Å². The Morgan fingerprint density at radius 1 is 0.900 bits per heavy atom. The predicted octanol–water partition coefficient (Wildman–Crippen LogP) is 2.72. The second-order valence-electron chi connectivity index (χ2n) is 4.02. The van der Waals surface area contributed by atoms with Crippen molar-refractivity contribution in [1.29, 1.82) is 0 Å². The molecule has 7 heteroatoms. The lowest BCUT2D eigenvalue weighted by molar-refractivity contribution is -0.137. The summed E-state index contributed by atoms with van der Waals surface area (Å²) in [4.78, 5) is 0. The van der Waals surface area contributed by atoms with Crippen LogP contribution in [-0.4, -0.2) is 17.4 Å². The SMILES string of the molecule is OB(O)Oc1ccccc1-c1ccc(C(F)(F)F)cc1. The zero-order valence-electron chi connectivity index (χ0n) is 10.1. The normalized spacial score (nSPS) is 11.2. The van der Waals surface area contributed by atoms with Crippen LogP contribution >= 0.6 is 0 Å². The Morgan fingerprint density at radius 3 is 2.05 bits per heavy atom. The fraction of sp³-hybridized carbons (Fsp3) is 0.0769. The second-order valence-corrected chi connectivity index (χ2v) is 4.02. The first-order valence-corrected chi connectivity index (χ1v) is 5.67. The lowest BCUT2D eigenvalue weighted by Crippen LogP contribution is -2.20. The molecule has 2 aromatic carbocycles. The lowest BCUT2D eigenvalue weighted by Gasteiger charge is -2.12. The quantitative estimate of drug-likeness (QED) is 0.851. The molecular formula is C13H10BF3O3. The smallest absolute Gasteiger partial charge is 0.512 e. The van der Waals surface area contributed by atoms with Gasteiger partial charge in [0.25, 0.3) is 0 Å². The summed E-state index contributed by atoms with van der Waals surface area (Å²) in [6.45, 7) is 0. The Hall–Kier alpha value is -1.99. The van der Waals surface area contributed by atoms with Crippen molar-refractivity contribution >= 4 is 7.32 Å². The molecule has 0 unspecified atom stereocenters. The van der Waals surface area contributed by atoms with E-state index >= 15 is 0 Å². The van der Waals surface area contributed by atoms with E-state index in [1.54, 1.807) is 18.2 Å². The van der Waals surface area contributed by atoms with E-state index in [0.29, 0.717) is 11.1 Å². The summed E-state index contributed by atoms with van der Waals surface area (Å²) in [5, 5.41) is 17.6. The van der Waals surface area contributed by atoms with Crippen molar-refractivity contribution in [2.45, 2.75) is 6.18 Å². The van der Waals surface area contributed by atoms with Crippen LogP contribution in [0.1, 0.15) is 5.56 Å². The Morgan fingerprint density at radius 2 is 1.50 bits per heavy atom. The maximum Gasteiger partial charge on any atom is 0.707 e. The molecule has 0 bridgehead atoms. The highest BCUT2D eigenvalue weighted by Gasteiger charge is 2.30. The van der Waals surface area contributed by atoms with Gasteiger partial charge in [0.1, 0.15) is 5.75 Å². The van der Waals surface area contributed by atoms with Crippen LogP contribution in [0.3, 0.4) is 0 Å². The molecule has 0 saturated carbocycles. The molecule has 0 aliphatic heterocycles. The highest BCUT2D eigenvalue weighted by Crippen LogP contribution is 2.33. The van der Waals surface area contributed by atoms with Crippen LogP contribution in [0.4, 0.5) is 13.2 Å². The number of rotatable bonds is 3. The number of alkyl halides is 3. The van der Waals surface area contributed by atoms with Gasteiger partial charge in [-0.2, -0.15) is 13.2 Å². The Labute approximate surface area is 113 Å². The van der Waals surface area contributed by atoms with Gasteiger partial charge in [-0.1, -0.05) is 30.3 Å². The average molecular weight is 282 g/mol. The largest absolute Gasteiger partial charge is 0.707 e. The van der Waals surface area contributed by atoms with Crippen molar-refractivity contribution in [3.63, 3.8) is 0 Å².